The number of likely N-dealkylation sites (tertiary alicyclic amines) is 1. The highest BCUT2D eigenvalue weighted by molar-refractivity contribution is 5.74. The molecule has 2 amide bonds. The third kappa shape index (κ3) is 7.89. The quantitative estimate of drug-likeness (QED) is 0.446. The second kappa shape index (κ2) is 14.0. The number of hydrogen-bond acceptors (Lipinski definition) is 4. The molecule has 192 valence electrons. The van der Waals surface area contributed by atoms with Crippen LogP contribution in [0.5, 0.6) is 0 Å². The van der Waals surface area contributed by atoms with Gasteiger partial charge in [-0.2, -0.15) is 0 Å². The van der Waals surface area contributed by atoms with Gasteiger partial charge in [0.05, 0.1) is 6.10 Å². The highest BCUT2D eigenvalue weighted by Crippen LogP contribution is 2.34. The molecule has 0 unspecified atom stereocenters. The Bertz CT molecular complexity index is 761. The number of urea groups is 1. The number of nitrogens with zero attached hydrogens (tertiary/aromatic N) is 1. The molecule has 1 saturated carbocycles. The van der Waals surface area contributed by atoms with E-state index < -0.39 is 17.7 Å². The van der Waals surface area contributed by atoms with Gasteiger partial charge < -0.3 is 25.4 Å². The summed E-state index contributed by atoms with van der Waals surface area (Å²) in [5.74, 6) is -1.14. The molecule has 1 saturated heterocycles. The molecule has 3 N–H and O–H groups in total. The summed E-state index contributed by atoms with van der Waals surface area (Å²) in [4.78, 5) is 14.9. The minimum Gasteiger partial charge on any atom is -0.385 e. The third-order valence-corrected chi connectivity index (χ3v) is 7.19. The summed E-state index contributed by atoms with van der Waals surface area (Å²) in [5, 5.41) is 3.15. The number of amides is 2. The van der Waals surface area contributed by atoms with Crippen molar-refractivity contribution in [2.24, 2.45) is 17.6 Å². The second-order valence-electron chi connectivity index (χ2n) is 9.78. The molecule has 3 rings (SSSR count). The molecular weight excluding hydrogens is 440 g/mol. The van der Waals surface area contributed by atoms with Crippen LogP contribution in [0.3, 0.4) is 0 Å². The van der Waals surface area contributed by atoms with Crippen LogP contribution in [0, 0.1) is 23.5 Å². The van der Waals surface area contributed by atoms with Gasteiger partial charge in [0, 0.05) is 51.9 Å². The zero-order valence-electron chi connectivity index (χ0n) is 20.4. The number of methoxy groups -OCH3 is 1. The molecule has 1 aromatic rings. The van der Waals surface area contributed by atoms with Crippen molar-refractivity contribution in [2.45, 2.75) is 69.9 Å². The van der Waals surface area contributed by atoms with Gasteiger partial charge in [-0.3, -0.25) is 0 Å². The van der Waals surface area contributed by atoms with E-state index in [-0.39, 0.29) is 18.0 Å². The maximum absolute atomic E-state index is 14.0. The predicted octanol–water partition coefficient (Wildman–Crippen LogP) is 4.78. The molecule has 0 bridgehead atoms. The van der Waals surface area contributed by atoms with Crippen LogP contribution in [-0.2, 0) is 9.47 Å². The lowest BCUT2D eigenvalue weighted by Gasteiger charge is -2.38. The van der Waals surface area contributed by atoms with Crippen LogP contribution in [0.4, 0.5) is 13.6 Å². The highest BCUT2D eigenvalue weighted by atomic mass is 19.2. The number of ether oxygens (including phenoxy) is 2. The lowest BCUT2D eigenvalue weighted by Crippen LogP contribution is -2.51. The van der Waals surface area contributed by atoms with E-state index in [9.17, 15) is 13.6 Å². The summed E-state index contributed by atoms with van der Waals surface area (Å²) in [6.07, 6.45) is 9.15. The number of carbonyl (C=O) groups excluding carboxylic acids is 1. The normalized spacial score (nSPS) is 21.3. The van der Waals surface area contributed by atoms with E-state index in [1.165, 1.54) is 38.2 Å². The van der Waals surface area contributed by atoms with Crippen LogP contribution < -0.4 is 11.1 Å². The van der Waals surface area contributed by atoms with E-state index in [0.717, 1.165) is 25.3 Å². The predicted molar refractivity (Wildman–Crippen MR) is 128 cm³/mol. The van der Waals surface area contributed by atoms with E-state index in [1.807, 2.05) is 4.90 Å². The molecule has 1 aromatic carbocycles. The molecule has 1 aliphatic carbocycles. The summed E-state index contributed by atoms with van der Waals surface area (Å²) in [6.45, 7) is 2.60. The average Bonchev–Trinajstić information content (AvgIpc) is 2.86. The Hall–Kier alpha value is -1.77. The van der Waals surface area contributed by atoms with Crippen LogP contribution >= 0.6 is 0 Å². The molecule has 8 heteroatoms. The van der Waals surface area contributed by atoms with Crippen LogP contribution in [0.2, 0.25) is 0 Å². The second-order valence-corrected chi connectivity index (χ2v) is 9.78. The van der Waals surface area contributed by atoms with E-state index in [4.69, 9.17) is 15.2 Å². The summed E-state index contributed by atoms with van der Waals surface area (Å²) >= 11 is 0. The van der Waals surface area contributed by atoms with E-state index in [1.54, 1.807) is 13.2 Å². The Balaban J connectivity index is 1.63. The van der Waals surface area contributed by atoms with E-state index in [2.05, 4.69) is 5.32 Å². The summed E-state index contributed by atoms with van der Waals surface area (Å²) in [6, 6.07) is 3.81. The van der Waals surface area contributed by atoms with Crippen LogP contribution in [-0.4, -0.2) is 56.9 Å². The van der Waals surface area contributed by atoms with Gasteiger partial charge >= 0.3 is 6.03 Å². The van der Waals surface area contributed by atoms with Gasteiger partial charge in [0.1, 0.15) is 0 Å². The number of halogens is 2. The number of benzene rings is 1. The Labute approximate surface area is 202 Å². The Morgan fingerprint density at radius 3 is 2.65 bits per heavy atom. The number of hydrogen-bond donors (Lipinski definition) is 2. The molecule has 6 nitrogen and oxygen atoms in total. The van der Waals surface area contributed by atoms with Crippen molar-refractivity contribution < 1.29 is 23.0 Å². The fraction of sp³-hybridized carbons (Fsp3) is 0.731. The van der Waals surface area contributed by atoms with Gasteiger partial charge in [0.15, 0.2) is 11.6 Å². The molecule has 0 radical (unpaired) electrons. The fourth-order valence-electron chi connectivity index (χ4n) is 5.35. The largest absolute Gasteiger partial charge is 0.385 e. The monoisotopic (exact) mass is 481 g/mol. The van der Waals surface area contributed by atoms with Crippen LogP contribution in [0.25, 0.3) is 0 Å². The first kappa shape index (κ1) is 26.8. The van der Waals surface area contributed by atoms with E-state index >= 15 is 0 Å². The zero-order chi connectivity index (χ0) is 24.3. The molecular formula is C26H41F2N3O3. The number of nitrogens with two attached hydrogens (primary N) is 1. The Morgan fingerprint density at radius 2 is 1.94 bits per heavy atom. The lowest BCUT2D eigenvalue weighted by atomic mass is 9.85. The third-order valence-electron chi connectivity index (χ3n) is 7.19. The van der Waals surface area contributed by atoms with Crippen LogP contribution in [0.15, 0.2) is 18.2 Å². The first-order valence-corrected chi connectivity index (χ1v) is 12.8. The van der Waals surface area contributed by atoms with Crippen molar-refractivity contribution in [1.82, 2.24) is 10.2 Å². The molecule has 2 fully saturated rings. The molecule has 34 heavy (non-hydrogen) atoms. The fourth-order valence-corrected chi connectivity index (χ4v) is 5.35. The molecule has 2 aliphatic rings. The number of piperidine rings is 1. The van der Waals surface area contributed by atoms with Crippen molar-refractivity contribution in [2.75, 3.05) is 40.0 Å². The maximum atomic E-state index is 14.0. The van der Waals surface area contributed by atoms with Crippen molar-refractivity contribution >= 4 is 6.03 Å². The zero-order valence-corrected chi connectivity index (χ0v) is 20.4. The Morgan fingerprint density at radius 1 is 1.15 bits per heavy atom. The van der Waals surface area contributed by atoms with Gasteiger partial charge in [0.25, 0.3) is 0 Å². The first-order chi connectivity index (χ1) is 16.5. The summed E-state index contributed by atoms with van der Waals surface area (Å²) in [5.41, 5.74) is 6.59. The number of carbonyl (C=O) groups is 1. The lowest BCUT2D eigenvalue weighted by molar-refractivity contribution is -0.0169. The smallest absolute Gasteiger partial charge is 0.317 e. The summed E-state index contributed by atoms with van der Waals surface area (Å²) in [7, 11) is 1.63. The topological polar surface area (TPSA) is 76.8 Å². The van der Waals surface area contributed by atoms with Gasteiger partial charge in [0.2, 0.25) is 0 Å². The maximum Gasteiger partial charge on any atom is 0.317 e. The first-order valence-electron chi connectivity index (χ1n) is 12.8. The molecule has 3 atom stereocenters. The standard InChI is InChI=1S/C26H41F2N3O3/c1-33-13-6-14-34-25(20-10-11-23(27)24(28)16-20)21-9-5-12-31(18-21)26(32)30-22(17-29)15-19-7-3-2-4-8-19/h10-11,16,19,21-22,25H,2-9,12-15,17-18,29H2,1H3,(H,30,32)/t21-,22+,25+/m1/s1. The van der Waals surface area contributed by atoms with E-state index in [0.29, 0.717) is 50.8 Å². The van der Waals surface area contributed by atoms with Crippen molar-refractivity contribution in [3.63, 3.8) is 0 Å². The average molecular weight is 482 g/mol. The molecule has 0 spiro atoms. The van der Waals surface area contributed by atoms with Crippen LogP contribution in [0.1, 0.15) is 69.5 Å². The van der Waals surface area contributed by atoms with Gasteiger partial charge in [-0.05, 0) is 49.3 Å². The van der Waals surface area contributed by atoms with Gasteiger partial charge in [-0.15, -0.1) is 0 Å². The highest BCUT2D eigenvalue weighted by Gasteiger charge is 2.32. The van der Waals surface area contributed by atoms with Crippen molar-refractivity contribution in [3.8, 4) is 0 Å². The van der Waals surface area contributed by atoms with Crippen molar-refractivity contribution in [1.29, 1.82) is 0 Å². The molecule has 1 aliphatic heterocycles. The number of nitrogens with one attached hydrogen (secondary N) is 1. The molecule has 1 heterocycles. The number of rotatable bonds is 11. The SMILES string of the molecule is COCCCO[C@@H](c1ccc(F)c(F)c1)[C@@H]1CCCN(C(=O)N[C@H](CN)CC2CCCCC2)C1. The minimum absolute atomic E-state index is 0.0124. The summed E-state index contributed by atoms with van der Waals surface area (Å²) < 4.78 is 38.8. The minimum atomic E-state index is -0.887. The van der Waals surface area contributed by atoms with Crippen molar-refractivity contribution in [3.05, 3.63) is 35.4 Å². The van der Waals surface area contributed by atoms with Gasteiger partial charge in [-0.25, -0.2) is 13.6 Å². The Kier molecular flexibility index (Phi) is 11.0. The van der Waals surface area contributed by atoms with Gasteiger partial charge in [-0.1, -0.05) is 38.2 Å². The molecule has 0 aromatic heterocycles.